The number of hydrogen-bond acceptors (Lipinski definition) is 10. The van der Waals surface area contributed by atoms with Crippen LogP contribution < -0.4 is 19.5 Å². The number of ether oxygens (including phenoxy) is 4. The third kappa shape index (κ3) is 9.06. The SMILES string of the molecule is CCOc1ccc(C(=O)NCCc2ccc(S(=O)(=O)NC(=O)c3ccc(OC(=O)OCCOC)nc3)cc2)cc1. The van der Waals surface area contributed by atoms with E-state index in [0.717, 1.165) is 11.8 Å². The Labute approximate surface area is 231 Å². The van der Waals surface area contributed by atoms with Crippen LogP contribution in [0.5, 0.6) is 11.6 Å². The molecular weight excluding hydrogens is 542 g/mol. The number of hydrogen-bond donors (Lipinski definition) is 2. The van der Waals surface area contributed by atoms with Crippen molar-refractivity contribution in [2.45, 2.75) is 18.2 Å². The second kappa shape index (κ2) is 14.6. The monoisotopic (exact) mass is 571 g/mol. The minimum Gasteiger partial charge on any atom is -0.494 e. The number of benzene rings is 2. The van der Waals surface area contributed by atoms with Gasteiger partial charge in [0.2, 0.25) is 5.88 Å². The van der Waals surface area contributed by atoms with Crippen molar-refractivity contribution in [2.24, 2.45) is 0 Å². The van der Waals surface area contributed by atoms with Gasteiger partial charge in [-0.3, -0.25) is 9.59 Å². The zero-order valence-corrected chi connectivity index (χ0v) is 22.7. The van der Waals surface area contributed by atoms with E-state index in [1.54, 1.807) is 36.4 Å². The number of nitrogens with zero attached hydrogens (tertiary/aromatic N) is 1. The maximum Gasteiger partial charge on any atom is 0.515 e. The Hall–Kier alpha value is -4.49. The van der Waals surface area contributed by atoms with Gasteiger partial charge in [-0.15, -0.1) is 0 Å². The quantitative estimate of drug-likeness (QED) is 0.231. The molecule has 13 heteroatoms. The predicted octanol–water partition coefficient (Wildman–Crippen LogP) is 2.73. The van der Waals surface area contributed by atoms with E-state index in [0.29, 0.717) is 30.9 Å². The largest absolute Gasteiger partial charge is 0.515 e. The number of amides is 2. The molecule has 0 spiro atoms. The van der Waals surface area contributed by atoms with Crippen LogP contribution in [0.2, 0.25) is 0 Å². The summed E-state index contributed by atoms with van der Waals surface area (Å²) in [5.41, 5.74) is 1.22. The van der Waals surface area contributed by atoms with Gasteiger partial charge in [-0.05, 0) is 61.4 Å². The molecule has 0 bridgehead atoms. The van der Waals surface area contributed by atoms with Gasteiger partial charge in [0.1, 0.15) is 12.4 Å². The van der Waals surface area contributed by atoms with E-state index in [9.17, 15) is 22.8 Å². The Balaban J connectivity index is 1.49. The molecule has 1 heterocycles. The lowest BCUT2D eigenvalue weighted by atomic mass is 10.1. The number of methoxy groups -OCH3 is 1. The smallest absolute Gasteiger partial charge is 0.494 e. The molecule has 0 atom stereocenters. The van der Waals surface area contributed by atoms with Crippen LogP contribution in [0.15, 0.2) is 71.8 Å². The predicted molar refractivity (Wildman–Crippen MR) is 143 cm³/mol. The first-order valence-corrected chi connectivity index (χ1v) is 13.7. The van der Waals surface area contributed by atoms with Crippen LogP contribution in [-0.2, 0) is 25.9 Å². The van der Waals surface area contributed by atoms with E-state index in [-0.39, 0.29) is 35.5 Å². The molecule has 40 heavy (non-hydrogen) atoms. The molecule has 0 fully saturated rings. The lowest BCUT2D eigenvalue weighted by molar-refractivity contribution is 0.0675. The zero-order chi connectivity index (χ0) is 29.0. The Kier molecular flexibility index (Phi) is 11.0. The molecule has 2 N–H and O–H groups in total. The summed E-state index contributed by atoms with van der Waals surface area (Å²) < 4.78 is 47.0. The molecule has 3 aromatic rings. The minimum absolute atomic E-state index is 0.00409. The Morgan fingerprint density at radius 2 is 1.57 bits per heavy atom. The van der Waals surface area contributed by atoms with Crippen LogP contribution in [0.25, 0.3) is 0 Å². The van der Waals surface area contributed by atoms with Gasteiger partial charge >= 0.3 is 6.16 Å². The third-order valence-corrected chi connectivity index (χ3v) is 6.63. The molecule has 212 valence electrons. The van der Waals surface area contributed by atoms with Crippen molar-refractivity contribution >= 4 is 28.0 Å². The van der Waals surface area contributed by atoms with Gasteiger partial charge in [0.15, 0.2) is 0 Å². The maximum absolute atomic E-state index is 12.7. The number of sulfonamides is 1. The van der Waals surface area contributed by atoms with Gasteiger partial charge < -0.3 is 24.3 Å². The Morgan fingerprint density at radius 3 is 2.20 bits per heavy atom. The molecule has 12 nitrogen and oxygen atoms in total. The summed E-state index contributed by atoms with van der Waals surface area (Å²) in [7, 11) is -2.72. The topological polar surface area (TPSA) is 159 Å². The molecular formula is C27H29N3O9S. The highest BCUT2D eigenvalue weighted by Crippen LogP contribution is 2.14. The molecule has 2 amide bonds. The first-order chi connectivity index (χ1) is 19.2. The summed E-state index contributed by atoms with van der Waals surface area (Å²) in [5.74, 6) is -0.598. The van der Waals surface area contributed by atoms with Gasteiger partial charge in [0.05, 0.1) is 23.7 Å². The highest BCUT2D eigenvalue weighted by molar-refractivity contribution is 7.90. The van der Waals surface area contributed by atoms with Crippen molar-refractivity contribution in [3.05, 3.63) is 83.6 Å². The highest BCUT2D eigenvalue weighted by atomic mass is 32.2. The fourth-order valence-corrected chi connectivity index (χ4v) is 4.24. The average Bonchev–Trinajstić information content (AvgIpc) is 2.94. The first-order valence-electron chi connectivity index (χ1n) is 12.2. The summed E-state index contributed by atoms with van der Waals surface area (Å²) in [6, 6.07) is 15.2. The van der Waals surface area contributed by atoms with Gasteiger partial charge in [0, 0.05) is 31.5 Å². The lowest BCUT2D eigenvalue weighted by Crippen LogP contribution is -2.30. The standard InChI is InChI=1S/C27H29N3O9S/c1-3-37-22-9-6-20(7-10-22)25(31)28-15-14-19-4-11-23(12-5-19)40(34,35)30-26(32)21-8-13-24(29-18-21)39-27(33)38-17-16-36-2/h4-13,18H,3,14-17H2,1-2H3,(H,28,31)(H,30,32). The molecule has 0 aliphatic heterocycles. The number of nitrogens with one attached hydrogen (secondary N) is 2. The number of carbonyl (C=O) groups is 3. The van der Waals surface area contributed by atoms with E-state index in [1.807, 2.05) is 11.6 Å². The summed E-state index contributed by atoms with van der Waals surface area (Å²) in [4.78, 5) is 40.0. The second-order valence-electron chi connectivity index (χ2n) is 8.12. The van der Waals surface area contributed by atoms with Crippen molar-refractivity contribution in [1.29, 1.82) is 0 Å². The highest BCUT2D eigenvalue weighted by Gasteiger charge is 2.19. The molecule has 2 aromatic carbocycles. The van der Waals surface area contributed by atoms with E-state index in [1.165, 1.54) is 31.4 Å². The molecule has 3 rings (SSSR count). The van der Waals surface area contributed by atoms with Gasteiger partial charge in [0.25, 0.3) is 21.8 Å². The molecule has 0 saturated heterocycles. The normalized spacial score (nSPS) is 10.8. The molecule has 0 saturated carbocycles. The third-order valence-electron chi connectivity index (χ3n) is 5.28. The first kappa shape index (κ1) is 30.1. The van der Waals surface area contributed by atoms with E-state index < -0.39 is 22.1 Å². The number of aromatic nitrogens is 1. The molecule has 0 radical (unpaired) electrons. The summed E-state index contributed by atoms with van der Waals surface area (Å²) in [6.45, 7) is 2.95. The fraction of sp³-hybridized carbons (Fsp3) is 0.259. The molecule has 0 unspecified atom stereocenters. The number of carbonyl (C=O) groups excluding carboxylic acids is 3. The lowest BCUT2D eigenvalue weighted by Gasteiger charge is -2.09. The molecule has 0 aliphatic rings. The Morgan fingerprint density at radius 1 is 0.875 bits per heavy atom. The minimum atomic E-state index is -4.17. The molecule has 1 aromatic heterocycles. The Bertz CT molecular complexity index is 1390. The van der Waals surface area contributed by atoms with Crippen molar-refractivity contribution < 1.29 is 41.7 Å². The van der Waals surface area contributed by atoms with E-state index >= 15 is 0 Å². The van der Waals surface area contributed by atoms with Crippen LogP contribution in [0.1, 0.15) is 33.2 Å². The van der Waals surface area contributed by atoms with Gasteiger partial charge in [-0.1, -0.05) is 12.1 Å². The second-order valence-corrected chi connectivity index (χ2v) is 9.80. The van der Waals surface area contributed by atoms with Crippen LogP contribution in [-0.4, -0.2) is 64.8 Å². The summed E-state index contributed by atoms with van der Waals surface area (Å²) in [5, 5.41) is 2.81. The van der Waals surface area contributed by atoms with Crippen molar-refractivity contribution in [3.63, 3.8) is 0 Å². The van der Waals surface area contributed by atoms with Gasteiger partial charge in [-0.25, -0.2) is 22.9 Å². The fourth-order valence-electron chi connectivity index (χ4n) is 3.26. The van der Waals surface area contributed by atoms with Crippen molar-refractivity contribution in [3.8, 4) is 11.6 Å². The number of rotatable bonds is 13. The molecule has 0 aliphatic carbocycles. The van der Waals surface area contributed by atoms with E-state index in [4.69, 9.17) is 18.9 Å². The van der Waals surface area contributed by atoms with Crippen molar-refractivity contribution in [1.82, 2.24) is 15.0 Å². The van der Waals surface area contributed by atoms with Crippen LogP contribution in [0.3, 0.4) is 0 Å². The number of pyridine rings is 1. The van der Waals surface area contributed by atoms with Gasteiger partial charge in [-0.2, -0.15) is 0 Å². The van der Waals surface area contributed by atoms with Crippen LogP contribution in [0, 0.1) is 0 Å². The van der Waals surface area contributed by atoms with Crippen LogP contribution >= 0.6 is 0 Å². The summed E-state index contributed by atoms with van der Waals surface area (Å²) in [6.07, 6.45) is 0.533. The van der Waals surface area contributed by atoms with E-state index in [2.05, 4.69) is 10.3 Å². The average molecular weight is 572 g/mol. The van der Waals surface area contributed by atoms with Crippen LogP contribution in [0.4, 0.5) is 4.79 Å². The summed E-state index contributed by atoms with van der Waals surface area (Å²) >= 11 is 0. The zero-order valence-electron chi connectivity index (χ0n) is 21.9. The maximum atomic E-state index is 12.7. The van der Waals surface area contributed by atoms with Crippen molar-refractivity contribution in [2.75, 3.05) is 33.5 Å².